The number of pyridine rings is 1. The van der Waals surface area contributed by atoms with Crippen LogP contribution < -0.4 is 9.47 Å². The van der Waals surface area contributed by atoms with E-state index in [0.29, 0.717) is 23.8 Å². The third kappa shape index (κ3) is 4.18. The normalized spacial score (nSPS) is 12.0. The van der Waals surface area contributed by atoms with Crippen LogP contribution in [0.1, 0.15) is 17.5 Å². The van der Waals surface area contributed by atoms with Gasteiger partial charge in [-0.1, -0.05) is 30.3 Å². The first-order valence-electron chi connectivity index (χ1n) is 6.66. The highest BCUT2D eigenvalue weighted by atomic mass is 16.6. The molecule has 0 saturated heterocycles. The fourth-order valence-electron chi connectivity index (χ4n) is 1.89. The lowest BCUT2D eigenvalue weighted by atomic mass is 10.2. The van der Waals surface area contributed by atoms with Crippen molar-refractivity contribution in [1.82, 2.24) is 4.98 Å². The van der Waals surface area contributed by atoms with E-state index in [-0.39, 0.29) is 0 Å². The average Bonchev–Trinajstić information content (AvgIpc) is 2.55. The minimum absolute atomic E-state index is 0.379. The van der Waals surface area contributed by atoms with E-state index in [1.807, 2.05) is 18.2 Å². The number of hydrogen-bond acceptors (Lipinski definition) is 5. The summed E-state index contributed by atoms with van der Waals surface area (Å²) in [5.41, 5.74) is 1.58. The van der Waals surface area contributed by atoms with Crippen molar-refractivity contribution < 1.29 is 19.3 Å². The molecule has 0 aliphatic carbocycles. The second kappa shape index (κ2) is 7.61. The van der Waals surface area contributed by atoms with Crippen LogP contribution in [0.25, 0.3) is 0 Å². The largest absolute Gasteiger partial charge is 0.493 e. The first-order valence-corrected chi connectivity index (χ1v) is 6.66. The number of aliphatic hydroxyl groups excluding tert-OH is 1. The smallest absolute Gasteiger partial charge is 0.198 e. The van der Waals surface area contributed by atoms with Crippen molar-refractivity contribution in [2.45, 2.75) is 12.7 Å². The Balaban J connectivity index is 1.99. The number of hydrogen-bond donors (Lipinski definition) is 1. The molecule has 2 rings (SSSR count). The van der Waals surface area contributed by atoms with Gasteiger partial charge in [-0.2, -0.15) is 0 Å². The van der Waals surface area contributed by atoms with Gasteiger partial charge < -0.3 is 19.3 Å². The summed E-state index contributed by atoms with van der Waals surface area (Å²) in [4.78, 5) is 4.10. The zero-order valence-electron chi connectivity index (χ0n) is 12.2. The Morgan fingerprint density at radius 3 is 2.57 bits per heavy atom. The quantitative estimate of drug-likeness (QED) is 0.793. The average molecular weight is 289 g/mol. The molecule has 1 aromatic carbocycles. The first-order chi connectivity index (χ1) is 10.2. The maximum absolute atomic E-state index is 9.58. The van der Waals surface area contributed by atoms with E-state index in [9.17, 15) is 5.11 Å². The van der Waals surface area contributed by atoms with Crippen molar-refractivity contribution in [3.63, 3.8) is 0 Å². The lowest BCUT2D eigenvalue weighted by Crippen LogP contribution is -2.06. The van der Waals surface area contributed by atoms with Gasteiger partial charge in [-0.3, -0.25) is 4.98 Å². The van der Waals surface area contributed by atoms with Gasteiger partial charge in [-0.25, -0.2) is 0 Å². The number of aliphatic hydroxyl groups is 1. The Bertz CT molecular complexity index is 559. The van der Waals surface area contributed by atoms with Crippen LogP contribution in [-0.4, -0.2) is 30.9 Å². The number of benzene rings is 1. The molecule has 0 aliphatic heterocycles. The van der Waals surface area contributed by atoms with E-state index in [0.717, 1.165) is 6.42 Å². The standard InChI is InChI=1S/C16H19NO4/c1-19-14-10-13(16(18)20-2)17-11-15(14)21-9-8-12-6-4-3-5-7-12/h3-7,10-11,16,18H,8-9H2,1-2H3. The monoisotopic (exact) mass is 289 g/mol. The molecule has 21 heavy (non-hydrogen) atoms. The Morgan fingerprint density at radius 2 is 1.90 bits per heavy atom. The third-order valence-electron chi connectivity index (χ3n) is 3.04. The fraction of sp³-hybridized carbons (Fsp3) is 0.312. The molecule has 0 amide bonds. The first kappa shape index (κ1) is 15.3. The lowest BCUT2D eigenvalue weighted by Gasteiger charge is -2.13. The molecular weight excluding hydrogens is 270 g/mol. The van der Waals surface area contributed by atoms with Gasteiger partial charge in [-0.15, -0.1) is 0 Å². The predicted molar refractivity (Wildman–Crippen MR) is 78.4 cm³/mol. The number of nitrogens with zero attached hydrogens (tertiary/aromatic N) is 1. The Kier molecular flexibility index (Phi) is 5.54. The van der Waals surface area contributed by atoms with Crippen LogP contribution in [0.3, 0.4) is 0 Å². The number of aromatic nitrogens is 1. The molecule has 0 bridgehead atoms. The Hall–Kier alpha value is -2.11. The minimum Gasteiger partial charge on any atom is -0.493 e. The summed E-state index contributed by atoms with van der Waals surface area (Å²) in [6.45, 7) is 0.522. The summed E-state index contributed by atoms with van der Waals surface area (Å²) in [6.07, 6.45) is 1.26. The molecule has 0 saturated carbocycles. The third-order valence-corrected chi connectivity index (χ3v) is 3.04. The molecule has 1 N–H and O–H groups in total. The van der Waals surface area contributed by atoms with Crippen LogP contribution in [0.2, 0.25) is 0 Å². The molecule has 1 unspecified atom stereocenters. The van der Waals surface area contributed by atoms with Gasteiger partial charge in [0, 0.05) is 19.6 Å². The molecule has 1 heterocycles. The second-order valence-corrected chi connectivity index (χ2v) is 4.43. The number of rotatable bonds is 7. The van der Waals surface area contributed by atoms with Gasteiger partial charge in [0.05, 0.1) is 25.6 Å². The summed E-state index contributed by atoms with van der Waals surface area (Å²) < 4.78 is 15.8. The van der Waals surface area contributed by atoms with Crippen LogP contribution in [0.15, 0.2) is 42.6 Å². The van der Waals surface area contributed by atoms with Crippen LogP contribution in [0.4, 0.5) is 0 Å². The Morgan fingerprint density at radius 1 is 1.14 bits per heavy atom. The van der Waals surface area contributed by atoms with Gasteiger partial charge in [0.25, 0.3) is 0 Å². The minimum atomic E-state index is -1.07. The predicted octanol–water partition coefficient (Wildman–Crippen LogP) is 2.35. The topological polar surface area (TPSA) is 60.8 Å². The van der Waals surface area contributed by atoms with Gasteiger partial charge in [-0.05, 0) is 5.56 Å². The van der Waals surface area contributed by atoms with Crippen LogP contribution in [0, 0.1) is 0 Å². The van der Waals surface area contributed by atoms with Gasteiger partial charge in [0.2, 0.25) is 0 Å². The molecule has 2 aromatic rings. The summed E-state index contributed by atoms with van der Waals surface area (Å²) in [7, 11) is 2.95. The molecule has 1 aromatic heterocycles. The molecule has 0 spiro atoms. The summed E-state index contributed by atoms with van der Waals surface area (Å²) in [5.74, 6) is 1.06. The SMILES string of the molecule is COc1cc(C(O)OC)ncc1OCCc1ccccc1. The van der Waals surface area contributed by atoms with E-state index in [1.165, 1.54) is 18.9 Å². The molecular formula is C16H19NO4. The van der Waals surface area contributed by atoms with Gasteiger partial charge in [0.15, 0.2) is 17.8 Å². The molecule has 0 aliphatic rings. The number of ether oxygens (including phenoxy) is 3. The second-order valence-electron chi connectivity index (χ2n) is 4.43. The van der Waals surface area contributed by atoms with Gasteiger partial charge >= 0.3 is 0 Å². The molecule has 0 radical (unpaired) electrons. The highest BCUT2D eigenvalue weighted by Crippen LogP contribution is 2.28. The Labute approximate surface area is 124 Å². The highest BCUT2D eigenvalue weighted by Gasteiger charge is 2.12. The van der Waals surface area contributed by atoms with Crippen molar-refractivity contribution in [2.75, 3.05) is 20.8 Å². The molecule has 5 nitrogen and oxygen atoms in total. The maximum atomic E-state index is 9.58. The van der Waals surface area contributed by atoms with Gasteiger partial charge in [0.1, 0.15) is 0 Å². The van der Waals surface area contributed by atoms with E-state index >= 15 is 0 Å². The summed E-state index contributed by atoms with van der Waals surface area (Å²) in [6, 6.07) is 11.7. The van der Waals surface area contributed by atoms with E-state index in [2.05, 4.69) is 17.1 Å². The number of methoxy groups -OCH3 is 2. The zero-order valence-corrected chi connectivity index (χ0v) is 12.2. The zero-order chi connectivity index (χ0) is 15.1. The molecule has 0 fully saturated rings. The van der Waals surface area contributed by atoms with Crippen molar-refractivity contribution in [2.24, 2.45) is 0 Å². The molecule has 1 atom stereocenters. The van der Waals surface area contributed by atoms with E-state index < -0.39 is 6.29 Å². The van der Waals surface area contributed by atoms with Crippen molar-refractivity contribution >= 4 is 0 Å². The van der Waals surface area contributed by atoms with E-state index in [1.54, 1.807) is 13.2 Å². The summed E-state index contributed by atoms with van der Waals surface area (Å²) >= 11 is 0. The van der Waals surface area contributed by atoms with E-state index in [4.69, 9.17) is 14.2 Å². The van der Waals surface area contributed by atoms with Crippen LogP contribution in [-0.2, 0) is 11.2 Å². The molecule has 112 valence electrons. The van der Waals surface area contributed by atoms with Crippen molar-refractivity contribution in [3.05, 3.63) is 53.9 Å². The highest BCUT2D eigenvalue weighted by molar-refractivity contribution is 5.39. The lowest BCUT2D eigenvalue weighted by molar-refractivity contribution is -0.0800. The fourth-order valence-corrected chi connectivity index (χ4v) is 1.89. The van der Waals surface area contributed by atoms with Crippen LogP contribution in [0.5, 0.6) is 11.5 Å². The molecule has 5 heteroatoms. The van der Waals surface area contributed by atoms with Crippen molar-refractivity contribution in [1.29, 1.82) is 0 Å². The maximum Gasteiger partial charge on any atom is 0.198 e. The van der Waals surface area contributed by atoms with Crippen molar-refractivity contribution in [3.8, 4) is 11.5 Å². The van der Waals surface area contributed by atoms with Crippen LogP contribution >= 0.6 is 0 Å². The summed E-state index contributed by atoms with van der Waals surface area (Å²) in [5, 5.41) is 9.58.